The number of benzene rings is 2. The molecule has 0 aliphatic carbocycles. The molecule has 37 heavy (non-hydrogen) atoms. The predicted octanol–water partition coefficient (Wildman–Crippen LogP) is 8.31. The van der Waals surface area contributed by atoms with Gasteiger partial charge in [-0.1, -0.05) is 94.1 Å². The minimum absolute atomic E-state index is 0.148. The SMILES string of the molecule is CC(C)(C)CC(C)(C)c1ccc(OCCOCCNCc2ccc(OCCCCCCCBr)cc2)cc1. The summed E-state index contributed by atoms with van der Waals surface area (Å²) in [6.45, 7) is 15.8. The molecular formula is C32H50BrNO3. The number of alkyl halides is 1. The number of ether oxygens (including phenoxy) is 3. The highest BCUT2D eigenvalue weighted by Crippen LogP contribution is 2.36. The van der Waals surface area contributed by atoms with Gasteiger partial charge in [-0.15, -0.1) is 0 Å². The van der Waals surface area contributed by atoms with Gasteiger partial charge in [-0.25, -0.2) is 0 Å². The van der Waals surface area contributed by atoms with E-state index in [4.69, 9.17) is 14.2 Å². The Labute approximate surface area is 235 Å². The zero-order chi connectivity index (χ0) is 27.0. The zero-order valence-corrected chi connectivity index (χ0v) is 25.5. The maximum atomic E-state index is 5.86. The molecule has 0 fully saturated rings. The lowest BCUT2D eigenvalue weighted by Gasteiger charge is -2.33. The Bertz CT molecular complexity index is 844. The summed E-state index contributed by atoms with van der Waals surface area (Å²) in [6, 6.07) is 16.9. The van der Waals surface area contributed by atoms with Gasteiger partial charge in [-0.05, 0) is 65.5 Å². The van der Waals surface area contributed by atoms with Crippen molar-refractivity contribution < 1.29 is 14.2 Å². The van der Waals surface area contributed by atoms with E-state index < -0.39 is 0 Å². The summed E-state index contributed by atoms with van der Waals surface area (Å²) in [5.74, 6) is 1.85. The summed E-state index contributed by atoms with van der Waals surface area (Å²) in [7, 11) is 0. The molecular weight excluding hydrogens is 526 g/mol. The summed E-state index contributed by atoms with van der Waals surface area (Å²) in [6.07, 6.45) is 7.37. The van der Waals surface area contributed by atoms with Crippen LogP contribution in [0.4, 0.5) is 0 Å². The van der Waals surface area contributed by atoms with Crippen molar-refractivity contribution in [2.24, 2.45) is 5.41 Å². The van der Waals surface area contributed by atoms with Crippen LogP contribution in [-0.2, 0) is 16.7 Å². The second-order valence-corrected chi connectivity index (χ2v) is 12.5. The Hall–Kier alpha value is -1.56. The molecule has 2 rings (SSSR count). The monoisotopic (exact) mass is 575 g/mol. The van der Waals surface area contributed by atoms with Crippen molar-refractivity contribution >= 4 is 15.9 Å². The van der Waals surface area contributed by atoms with E-state index in [2.05, 4.69) is 104 Å². The van der Waals surface area contributed by atoms with Gasteiger partial charge in [0, 0.05) is 18.4 Å². The zero-order valence-electron chi connectivity index (χ0n) is 23.9. The fraction of sp³-hybridized carbons (Fsp3) is 0.625. The van der Waals surface area contributed by atoms with Crippen LogP contribution in [0.5, 0.6) is 11.5 Å². The molecule has 0 aromatic heterocycles. The molecule has 2 aromatic carbocycles. The van der Waals surface area contributed by atoms with E-state index in [-0.39, 0.29) is 5.41 Å². The number of halogens is 1. The van der Waals surface area contributed by atoms with E-state index in [0.717, 1.165) is 49.4 Å². The molecule has 0 saturated heterocycles. The first-order valence-corrected chi connectivity index (χ1v) is 15.1. The van der Waals surface area contributed by atoms with E-state index in [1.165, 1.54) is 36.8 Å². The molecule has 0 saturated carbocycles. The largest absolute Gasteiger partial charge is 0.494 e. The lowest BCUT2D eigenvalue weighted by atomic mass is 9.72. The molecule has 0 atom stereocenters. The molecule has 0 unspecified atom stereocenters. The lowest BCUT2D eigenvalue weighted by Crippen LogP contribution is -2.24. The summed E-state index contributed by atoms with van der Waals surface area (Å²) in [5, 5.41) is 4.54. The Balaban J connectivity index is 1.51. The molecule has 0 aliphatic rings. The Morgan fingerprint density at radius 2 is 1.27 bits per heavy atom. The van der Waals surface area contributed by atoms with E-state index in [0.29, 0.717) is 25.2 Å². The van der Waals surface area contributed by atoms with Gasteiger partial charge in [0.25, 0.3) is 0 Å². The standard InChI is InChI=1S/C32H50BrNO3/c1-31(2,3)26-32(4,5)28-13-17-30(18-14-28)37-24-23-35-22-20-34-25-27-11-15-29(16-12-27)36-21-10-8-6-7-9-19-33/h11-18,34H,6-10,19-26H2,1-5H3. The van der Waals surface area contributed by atoms with Gasteiger partial charge >= 0.3 is 0 Å². The summed E-state index contributed by atoms with van der Waals surface area (Å²) >= 11 is 3.48. The summed E-state index contributed by atoms with van der Waals surface area (Å²) < 4.78 is 17.4. The fourth-order valence-electron chi connectivity index (χ4n) is 4.75. The van der Waals surface area contributed by atoms with Crippen LogP contribution in [0.3, 0.4) is 0 Å². The molecule has 0 aliphatic heterocycles. The Morgan fingerprint density at radius 3 is 1.92 bits per heavy atom. The van der Waals surface area contributed by atoms with Gasteiger partial charge in [0.1, 0.15) is 18.1 Å². The van der Waals surface area contributed by atoms with Crippen molar-refractivity contribution in [1.82, 2.24) is 5.32 Å². The third-order valence-electron chi connectivity index (χ3n) is 6.33. The first-order chi connectivity index (χ1) is 17.7. The third-order valence-corrected chi connectivity index (χ3v) is 6.89. The van der Waals surface area contributed by atoms with Crippen LogP contribution in [-0.4, -0.2) is 38.3 Å². The van der Waals surface area contributed by atoms with Crippen LogP contribution in [0.2, 0.25) is 0 Å². The molecule has 1 N–H and O–H groups in total. The van der Waals surface area contributed by atoms with Crippen molar-refractivity contribution in [3.8, 4) is 11.5 Å². The fourth-order valence-corrected chi connectivity index (χ4v) is 5.14. The first-order valence-electron chi connectivity index (χ1n) is 14.0. The van der Waals surface area contributed by atoms with Crippen LogP contribution in [0.15, 0.2) is 48.5 Å². The van der Waals surface area contributed by atoms with Crippen LogP contribution in [0.1, 0.15) is 84.3 Å². The second kappa shape index (κ2) is 17.1. The molecule has 0 bridgehead atoms. The van der Waals surface area contributed by atoms with Crippen molar-refractivity contribution in [1.29, 1.82) is 0 Å². The van der Waals surface area contributed by atoms with Gasteiger partial charge in [0.15, 0.2) is 0 Å². The van der Waals surface area contributed by atoms with E-state index in [1.54, 1.807) is 0 Å². The maximum Gasteiger partial charge on any atom is 0.119 e. The van der Waals surface area contributed by atoms with Crippen LogP contribution < -0.4 is 14.8 Å². The molecule has 5 heteroatoms. The highest BCUT2D eigenvalue weighted by molar-refractivity contribution is 9.09. The molecule has 0 heterocycles. The van der Waals surface area contributed by atoms with Crippen molar-refractivity contribution in [3.05, 3.63) is 59.7 Å². The predicted molar refractivity (Wildman–Crippen MR) is 160 cm³/mol. The molecule has 0 amide bonds. The average Bonchev–Trinajstić information content (AvgIpc) is 2.85. The number of hydrogen-bond acceptors (Lipinski definition) is 4. The van der Waals surface area contributed by atoms with Gasteiger partial charge in [0.05, 0.1) is 19.8 Å². The van der Waals surface area contributed by atoms with Gasteiger partial charge in [0.2, 0.25) is 0 Å². The molecule has 4 nitrogen and oxygen atoms in total. The third kappa shape index (κ3) is 14.2. The van der Waals surface area contributed by atoms with Gasteiger partial charge < -0.3 is 19.5 Å². The average molecular weight is 577 g/mol. The quantitative estimate of drug-likeness (QED) is 0.135. The smallest absolute Gasteiger partial charge is 0.119 e. The molecule has 0 spiro atoms. The highest BCUT2D eigenvalue weighted by Gasteiger charge is 2.27. The van der Waals surface area contributed by atoms with Crippen molar-refractivity contribution in [2.45, 2.75) is 85.1 Å². The number of unbranched alkanes of at least 4 members (excludes halogenated alkanes) is 4. The number of hydrogen-bond donors (Lipinski definition) is 1. The normalized spacial score (nSPS) is 12.1. The van der Waals surface area contributed by atoms with E-state index >= 15 is 0 Å². The second-order valence-electron chi connectivity index (χ2n) is 11.7. The molecule has 0 radical (unpaired) electrons. The Morgan fingerprint density at radius 1 is 0.676 bits per heavy atom. The maximum absolute atomic E-state index is 5.86. The first kappa shape index (κ1) is 31.7. The van der Waals surface area contributed by atoms with Crippen LogP contribution in [0.25, 0.3) is 0 Å². The lowest BCUT2D eigenvalue weighted by molar-refractivity contribution is 0.102. The van der Waals surface area contributed by atoms with Gasteiger partial charge in [-0.2, -0.15) is 0 Å². The highest BCUT2D eigenvalue weighted by atomic mass is 79.9. The van der Waals surface area contributed by atoms with Crippen LogP contribution >= 0.6 is 15.9 Å². The minimum atomic E-state index is 0.148. The summed E-state index contributed by atoms with van der Waals surface area (Å²) in [5.41, 5.74) is 3.05. The number of rotatable bonds is 19. The minimum Gasteiger partial charge on any atom is -0.494 e. The molecule has 208 valence electrons. The van der Waals surface area contributed by atoms with Crippen molar-refractivity contribution in [2.75, 3.05) is 38.3 Å². The van der Waals surface area contributed by atoms with Crippen molar-refractivity contribution in [3.63, 3.8) is 0 Å². The van der Waals surface area contributed by atoms with E-state index in [9.17, 15) is 0 Å². The molecule has 2 aromatic rings. The van der Waals surface area contributed by atoms with E-state index in [1.807, 2.05) is 0 Å². The van der Waals surface area contributed by atoms with Crippen LogP contribution in [0, 0.1) is 5.41 Å². The summed E-state index contributed by atoms with van der Waals surface area (Å²) in [4.78, 5) is 0. The van der Waals surface area contributed by atoms with Gasteiger partial charge in [-0.3, -0.25) is 0 Å². The number of nitrogens with one attached hydrogen (secondary N) is 1. The Kier molecular flexibility index (Phi) is 14.6. The topological polar surface area (TPSA) is 39.7 Å².